The molecule has 0 aliphatic carbocycles. The highest BCUT2D eigenvalue weighted by Gasteiger charge is 2.34. The van der Waals surface area contributed by atoms with Gasteiger partial charge in [-0.3, -0.25) is 4.79 Å². The minimum absolute atomic E-state index is 0.0903. The van der Waals surface area contributed by atoms with Crippen LogP contribution in [0.2, 0.25) is 0 Å². The smallest absolute Gasteiger partial charge is 0.308 e. The summed E-state index contributed by atoms with van der Waals surface area (Å²) < 4.78 is 4.79. The zero-order valence-electron chi connectivity index (χ0n) is 18.7. The van der Waals surface area contributed by atoms with Crippen molar-refractivity contribution < 1.29 is 24.9 Å². The summed E-state index contributed by atoms with van der Waals surface area (Å²) in [4.78, 5) is 11.6. The van der Waals surface area contributed by atoms with Gasteiger partial charge in [-0.05, 0) is 62.7 Å². The average molecular weight is 389 g/mol. The van der Waals surface area contributed by atoms with E-state index in [0.29, 0.717) is 24.7 Å². The van der Waals surface area contributed by atoms with Gasteiger partial charge >= 0.3 is 5.97 Å². The molecule has 0 saturated carbocycles. The number of rotatable bonds is 13. The number of carbonyl (C=O) groups excluding carboxylic acids is 1. The Morgan fingerprint density at radius 1 is 0.963 bits per heavy atom. The second-order valence-corrected chi connectivity index (χ2v) is 9.27. The van der Waals surface area contributed by atoms with Crippen LogP contribution in [0.5, 0.6) is 0 Å². The van der Waals surface area contributed by atoms with Gasteiger partial charge in [-0.25, -0.2) is 0 Å². The van der Waals surface area contributed by atoms with Crippen molar-refractivity contribution in [3.05, 3.63) is 0 Å². The van der Waals surface area contributed by atoms with E-state index >= 15 is 0 Å². The molecule has 5 nitrogen and oxygen atoms in total. The van der Waals surface area contributed by atoms with Crippen LogP contribution in [0.25, 0.3) is 0 Å². The number of hydrogen-bond acceptors (Lipinski definition) is 5. The fraction of sp³-hybridized carbons (Fsp3) is 0.955. The number of aliphatic hydroxyl groups excluding tert-OH is 2. The highest BCUT2D eigenvalue weighted by atomic mass is 16.5. The second-order valence-electron chi connectivity index (χ2n) is 9.27. The van der Waals surface area contributed by atoms with Crippen LogP contribution in [0.1, 0.15) is 80.6 Å². The maximum Gasteiger partial charge on any atom is 0.308 e. The minimum Gasteiger partial charge on any atom is -0.469 e. The van der Waals surface area contributed by atoms with E-state index in [4.69, 9.17) is 4.74 Å². The Kier molecular flexibility index (Phi) is 11.7. The molecular formula is C22H44O5. The highest BCUT2D eigenvalue weighted by Crippen LogP contribution is 2.31. The van der Waals surface area contributed by atoms with Crippen LogP contribution in [-0.2, 0) is 9.53 Å². The summed E-state index contributed by atoms with van der Waals surface area (Å²) in [6.45, 7) is 13.7. The van der Waals surface area contributed by atoms with Crippen molar-refractivity contribution in [3.8, 4) is 0 Å². The average Bonchev–Trinajstić information content (AvgIpc) is 2.58. The van der Waals surface area contributed by atoms with Gasteiger partial charge < -0.3 is 20.1 Å². The van der Waals surface area contributed by atoms with E-state index in [1.54, 1.807) is 6.92 Å². The third kappa shape index (κ3) is 9.40. The Bertz CT molecular complexity index is 423. The van der Waals surface area contributed by atoms with Gasteiger partial charge in [0.05, 0.1) is 30.8 Å². The van der Waals surface area contributed by atoms with E-state index in [1.807, 2.05) is 27.7 Å². The molecule has 0 rings (SSSR count). The van der Waals surface area contributed by atoms with Crippen molar-refractivity contribution in [2.24, 2.45) is 29.6 Å². The van der Waals surface area contributed by atoms with E-state index in [0.717, 1.165) is 19.3 Å². The summed E-state index contributed by atoms with van der Waals surface area (Å²) >= 11 is 0. The number of hydrogen-bond donors (Lipinski definition) is 3. The van der Waals surface area contributed by atoms with Crippen LogP contribution in [0.15, 0.2) is 0 Å². The van der Waals surface area contributed by atoms with Crippen LogP contribution in [0.4, 0.5) is 0 Å². The predicted molar refractivity (Wildman–Crippen MR) is 109 cm³/mol. The number of carbonyl (C=O) groups is 1. The largest absolute Gasteiger partial charge is 0.469 e. The van der Waals surface area contributed by atoms with Gasteiger partial charge in [-0.1, -0.05) is 41.5 Å². The van der Waals surface area contributed by atoms with Crippen molar-refractivity contribution in [1.82, 2.24) is 0 Å². The van der Waals surface area contributed by atoms with Gasteiger partial charge in [0.15, 0.2) is 0 Å². The molecule has 0 aromatic carbocycles. The first-order chi connectivity index (χ1) is 12.3. The lowest BCUT2D eigenvalue weighted by Crippen LogP contribution is -2.43. The summed E-state index contributed by atoms with van der Waals surface area (Å²) in [5.74, 6) is 0.607. The highest BCUT2D eigenvalue weighted by molar-refractivity contribution is 5.71. The Balaban J connectivity index is 4.52. The number of esters is 1. The maximum absolute atomic E-state index is 11.6. The molecule has 0 aliphatic rings. The first kappa shape index (κ1) is 26.4. The SMILES string of the molecule is CC[C@@H](O)[C@@](C)(O)C[C@@H](C)C(O)C(C)C[C@H](C)C[C@@H](C)C[C@@H](C)C(=O)OC. The Hall–Kier alpha value is -0.650. The van der Waals surface area contributed by atoms with Crippen LogP contribution in [-0.4, -0.2) is 46.2 Å². The van der Waals surface area contributed by atoms with Crippen molar-refractivity contribution in [3.63, 3.8) is 0 Å². The molecule has 2 unspecified atom stereocenters. The minimum atomic E-state index is -1.18. The first-order valence-electron chi connectivity index (χ1n) is 10.5. The van der Waals surface area contributed by atoms with Crippen molar-refractivity contribution in [2.75, 3.05) is 7.11 Å². The van der Waals surface area contributed by atoms with E-state index in [2.05, 4.69) is 13.8 Å². The predicted octanol–water partition coefficient (Wildman–Crippen LogP) is 3.78. The summed E-state index contributed by atoms with van der Waals surface area (Å²) in [5, 5.41) is 31.1. The molecule has 0 aromatic rings. The van der Waals surface area contributed by atoms with Crippen molar-refractivity contribution in [2.45, 2.75) is 98.4 Å². The van der Waals surface area contributed by atoms with Crippen LogP contribution in [0, 0.1) is 29.6 Å². The van der Waals surface area contributed by atoms with Crippen molar-refractivity contribution >= 4 is 5.97 Å². The second kappa shape index (κ2) is 12.0. The van der Waals surface area contributed by atoms with Gasteiger partial charge in [0.1, 0.15) is 0 Å². The van der Waals surface area contributed by atoms with E-state index in [-0.39, 0.29) is 23.7 Å². The molecule has 0 radical (unpaired) electrons. The molecule has 8 atom stereocenters. The van der Waals surface area contributed by atoms with E-state index < -0.39 is 17.8 Å². The molecule has 0 aromatic heterocycles. The maximum atomic E-state index is 11.6. The molecule has 0 aliphatic heterocycles. The molecule has 0 amide bonds. The van der Waals surface area contributed by atoms with Gasteiger partial charge in [-0.2, -0.15) is 0 Å². The summed E-state index contributed by atoms with van der Waals surface area (Å²) in [5.41, 5.74) is -1.18. The summed E-state index contributed by atoms with van der Waals surface area (Å²) in [6, 6.07) is 0. The number of ether oxygens (including phenoxy) is 1. The zero-order chi connectivity index (χ0) is 21.4. The van der Waals surface area contributed by atoms with Crippen molar-refractivity contribution in [1.29, 1.82) is 0 Å². The molecular weight excluding hydrogens is 344 g/mol. The molecule has 0 heterocycles. The number of aliphatic hydroxyl groups is 3. The van der Waals surface area contributed by atoms with Crippen LogP contribution in [0.3, 0.4) is 0 Å². The number of methoxy groups -OCH3 is 1. The van der Waals surface area contributed by atoms with Gasteiger partial charge in [0, 0.05) is 0 Å². The third-order valence-electron chi connectivity index (χ3n) is 5.94. The lowest BCUT2D eigenvalue weighted by molar-refractivity contribution is -0.145. The molecule has 0 fully saturated rings. The third-order valence-corrected chi connectivity index (χ3v) is 5.94. The zero-order valence-corrected chi connectivity index (χ0v) is 18.7. The van der Waals surface area contributed by atoms with E-state index in [9.17, 15) is 20.1 Å². The van der Waals surface area contributed by atoms with Crippen LogP contribution < -0.4 is 0 Å². The molecule has 0 saturated heterocycles. The summed E-state index contributed by atoms with van der Waals surface area (Å²) in [7, 11) is 1.42. The topological polar surface area (TPSA) is 87.0 Å². The quantitative estimate of drug-likeness (QED) is 0.418. The monoisotopic (exact) mass is 388 g/mol. The normalized spacial score (nSPS) is 22.0. The molecule has 27 heavy (non-hydrogen) atoms. The Morgan fingerprint density at radius 3 is 1.96 bits per heavy atom. The standard InChI is InChI=1S/C22H44O5/c1-9-19(23)22(7,26)13-18(6)20(24)16(4)11-14(2)10-15(3)12-17(5)21(25)27-8/h14-20,23-24,26H,9-13H2,1-8H3/t14-,15-,16?,17-,18-,19-,20?,22+/m1/s1. The fourth-order valence-electron chi connectivity index (χ4n) is 4.46. The molecule has 0 bridgehead atoms. The van der Waals surface area contributed by atoms with Gasteiger partial charge in [0.2, 0.25) is 0 Å². The lowest BCUT2D eigenvalue weighted by atomic mass is 9.78. The Labute approximate surface area is 166 Å². The van der Waals surface area contributed by atoms with Gasteiger partial charge in [0.25, 0.3) is 0 Å². The molecule has 0 spiro atoms. The van der Waals surface area contributed by atoms with E-state index in [1.165, 1.54) is 7.11 Å². The molecule has 3 N–H and O–H groups in total. The summed E-state index contributed by atoms with van der Waals surface area (Å²) in [6.07, 6.45) is 2.26. The lowest BCUT2D eigenvalue weighted by Gasteiger charge is -2.35. The molecule has 5 heteroatoms. The fourth-order valence-corrected chi connectivity index (χ4v) is 4.46. The van der Waals surface area contributed by atoms with Crippen LogP contribution >= 0.6 is 0 Å². The molecule has 162 valence electrons. The first-order valence-corrected chi connectivity index (χ1v) is 10.5. The Morgan fingerprint density at radius 2 is 1.48 bits per heavy atom. The van der Waals surface area contributed by atoms with Gasteiger partial charge in [-0.15, -0.1) is 0 Å².